The summed E-state index contributed by atoms with van der Waals surface area (Å²) in [6, 6.07) is 6.67. The number of hydrogen-bond acceptors (Lipinski definition) is 7. The minimum atomic E-state index is -0.710. The van der Waals surface area contributed by atoms with E-state index in [0.29, 0.717) is 19.0 Å². The Morgan fingerprint density at radius 3 is 2.85 bits per heavy atom. The van der Waals surface area contributed by atoms with Gasteiger partial charge in [0.25, 0.3) is 0 Å². The third kappa shape index (κ3) is 4.00. The Kier molecular flexibility index (Phi) is 6.05. The molecule has 3 aromatic heterocycles. The largest absolute Gasteiger partial charge is 0.377 e. The first-order valence-electron chi connectivity index (χ1n) is 11.4. The van der Waals surface area contributed by atoms with Crippen LogP contribution < -0.4 is 4.90 Å². The quantitative estimate of drug-likeness (QED) is 0.446. The van der Waals surface area contributed by atoms with Gasteiger partial charge in [0.1, 0.15) is 20.7 Å². The number of fused-ring (bicyclic) bond motifs is 1. The Morgan fingerprint density at radius 2 is 2.12 bits per heavy atom. The first kappa shape index (κ1) is 22.6. The van der Waals surface area contributed by atoms with Gasteiger partial charge < -0.3 is 14.4 Å². The van der Waals surface area contributed by atoms with Crippen LogP contribution in [0.5, 0.6) is 0 Å². The topological polar surface area (TPSA) is 93.5 Å². The summed E-state index contributed by atoms with van der Waals surface area (Å²) in [5, 5.41) is 19.6. The molecule has 0 radical (unpaired) electrons. The van der Waals surface area contributed by atoms with Gasteiger partial charge in [-0.15, -0.1) is 5.10 Å². The minimum absolute atomic E-state index is 0.105. The van der Waals surface area contributed by atoms with Crippen LogP contribution in [0.2, 0.25) is 0 Å². The van der Waals surface area contributed by atoms with Gasteiger partial charge in [-0.1, -0.05) is 0 Å². The zero-order valence-electron chi connectivity index (χ0n) is 19.2. The minimum Gasteiger partial charge on any atom is -0.377 e. The average molecular weight is 561 g/mol. The van der Waals surface area contributed by atoms with Gasteiger partial charge in [0.05, 0.1) is 30.7 Å². The van der Waals surface area contributed by atoms with Gasteiger partial charge in [-0.25, -0.2) is 14.2 Å². The molecule has 33 heavy (non-hydrogen) atoms. The Hall–Kier alpha value is -2.23. The molecule has 0 N–H and O–H groups in total. The predicted octanol–water partition coefficient (Wildman–Crippen LogP) is 3.92. The number of aromatic nitrogens is 5. The molecule has 174 valence electrons. The lowest BCUT2D eigenvalue weighted by Gasteiger charge is -2.35. The number of halogens is 1. The van der Waals surface area contributed by atoms with E-state index < -0.39 is 5.41 Å². The van der Waals surface area contributed by atoms with E-state index in [1.807, 2.05) is 29.1 Å². The molecule has 2 aliphatic heterocycles. The van der Waals surface area contributed by atoms with Crippen LogP contribution in [0.3, 0.4) is 0 Å². The molecule has 0 bridgehead atoms. The van der Waals surface area contributed by atoms with Crippen LogP contribution in [0.1, 0.15) is 51.8 Å². The highest BCUT2D eigenvalue weighted by Gasteiger charge is 2.31. The van der Waals surface area contributed by atoms with Crippen molar-refractivity contribution in [1.29, 1.82) is 5.26 Å². The number of morpholine rings is 1. The second kappa shape index (κ2) is 8.85. The van der Waals surface area contributed by atoms with Crippen molar-refractivity contribution < 1.29 is 9.47 Å². The highest BCUT2D eigenvalue weighted by Crippen LogP contribution is 2.36. The summed E-state index contributed by atoms with van der Waals surface area (Å²) >= 11 is 2.25. The molecule has 2 aliphatic rings. The lowest BCUT2D eigenvalue weighted by Crippen LogP contribution is -2.44. The van der Waals surface area contributed by atoms with Gasteiger partial charge in [-0.3, -0.25) is 0 Å². The Morgan fingerprint density at radius 1 is 1.27 bits per heavy atom. The number of ether oxygens (including phenoxy) is 2. The number of imidazole rings is 1. The molecule has 0 amide bonds. The van der Waals surface area contributed by atoms with E-state index in [-0.39, 0.29) is 12.3 Å². The van der Waals surface area contributed by atoms with Gasteiger partial charge in [0, 0.05) is 24.9 Å². The van der Waals surface area contributed by atoms with Crippen LogP contribution >= 0.6 is 22.6 Å². The monoisotopic (exact) mass is 561 g/mol. The molecule has 0 aromatic carbocycles. The molecule has 0 spiro atoms. The zero-order valence-corrected chi connectivity index (χ0v) is 21.3. The van der Waals surface area contributed by atoms with Crippen LogP contribution in [0, 0.1) is 15.0 Å². The molecular weight excluding hydrogens is 533 g/mol. The smallest absolute Gasteiger partial charge is 0.181 e. The summed E-state index contributed by atoms with van der Waals surface area (Å²) in [7, 11) is 0. The number of rotatable bonds is 4. The summed E-state index contributed by atoms with van der Waals surface area (Å²) in [5.41, 5.74) is 1.93. The van der Waals surface area contributed by atoms with E-state index in [0.717, 1.165) is 58.7 Å². The Balaban J connectivity index is 1.72. The Bertz CT molecular complexity index is 1210. The van der Waals surface area contributed by atoms with E-state index in [9.17, 15) is 5.26 Å². The molecule has 0 aliphatic carbocycles. The van der Waals surface area contributed by atoms with Crippen molar-refractivity contribution in [3.63, 3.8) is 0 Å². The third-order valence-electron chi connectivity index (χ3n) is 6.49. The van der Waals surface area contributed by atoms with E-state index >= 15 is 0 Å². The third-order valence-corrected chi connectivity index (χ3v) is 7.24. The SMILES string of the molecule is CC1COCCN1c1cc(C(C)(C)C#N)c2c(I)nc(-c3ccnn3C3CCCCO3)n2n1. The van der Waals surface area contributed by atoms with Crippen molar-refractivity contribution in [3.8, 4) is 17.6 Å². The van der Waals surface area contributed by atoms with E-state index in [4.69, 9.17) is 19.6 Å². The first-order chi connectivity index (χ1) is 15.9. The van der Waals surface area contributed by atoms with Crippen molar-refractivity contribution >= 4 is 33.9 Å². The van der Waals surface area contributed by atoms with Crippen LogP contribution in [0.25, 0.3) is 17.0 Å². The summed E-state index contributed by atoms with van der Waals surface area (Å²) in [4.78, 5) is 7.17. The highest BCUT2D eigenvalue weighted by atomic mass is 127. The highest BCUT2D eigenvalue weighted by molar-refractivity contribution is 14.1. The first-order valence-corrected chi connectivity index (χ1v) is 12.5. The molecule has 5 heterocycles. The predicted molar refractivity (Wildman–Crippen MR) is 132 cm³/mol. The van der Waals surface area contributed by atoms with Crippen LogP contribution in [0.4, 0.5) is 5.82 Å². The lowest BCUT2D eigenvalue weighted by atomic mass is 9.86. The molecule has 2 atom stereocenters. The lowest BCUT2D eigenvalue weighted by molar-refractivity contribution is -0.0384. The summed E-state index contributed by atoms with van der Waals surface area (Å²) < 4.78 is 16.3. The maximum atomic E-state index is 9.99. The fourth-order valence-corrected chi connectivity index (χ4v) is 5.33. The van der Waals surface area contributed by atoms with Gasteiger partial charge in [-0.2, -0.15) is 10.4 Å². The number of hydrogen-bond donors (Lipinski definition) is 0. The van der Waals surface area contributed by atoms with Gasteiger partial charge in [-0.05, 0) is 74.8 Å². The second-order valence-corrected chi connectivity index (χ2v) is 10.3. The molecule has 3 aromatic rings. The summed E-state index contributed by atoms with van der Waals surface area (Å²) in [5.74, 6) is 1.53. The van der Waals surface area contributed by atoms with E-state index in [1.165, 1.54) is 0 Å². The fraction of sp³-hybridized carbons (Fsp3) is 0.565. The maximum Gasteiger partial charge on any atom is 0.181 e. The average Bonchev–Trinajstić information content (AvgIpc) is 3.44. The molecule has 2 saturated heterocycles. The van der Waals surface area contributed by atoms with Gasteiger partial charge in [0.2, 0.25) is 0 Å². The molecule has 9 nitrogen and oxygen atoms in total. The summed E-state index contributed by atoms with van der Waals surface area (Å²) in [6.07, 6.45) is 4.79. The molecular formula is C23H28IN7O2. The standard InChI is InChI=1S/C23H28IN7O2/c1-15-13-32-11-9-29(15)18-12-16(23(2,3)14-25)20-21(24)27-22(31(20)28-18)17-7-8-26-30(17)19-6-4-5-10-33-19/h7-8,12,15,19H,4-6,9-11,13H2,1-3H3. The molecule has 5 rings (SSSR count). The maximum absolute atomic E-state index is 9.99. The normalized spacial score (nSPS) is 22.0. The second-order valence-electron chi connectivity index (χ2n) is 9.24. The number of anilines is 1. The van der Waals surface area contributed by atoms with Crippen molar-refractivity contribution in [2.75, 3.05) is 31.3 Å². The zero-order chi connectivity index (χ0) is 23.2. The molecule has 2 fully saturated rings. The van der Waals surface area contributed by atoms with E-state index in [2.05, 4.69) is 51.6 Å². The van der Waals surface area contributed by atoms with Gasteiger partial charge in [0.15, 0.2) is 12.1 Å². The van der Waals surface area contributed by atoms with E-state index in [1.54, 1.807) is 6.20 Å². The summed E-state index contributed by atoms with van der Waals surface area (Å²) in [6.45, 7) is 8.81. The number of nitrogens with zero attached hydrogens (tertiary/aromatic N) is 7. The van der Waals surface area contributed by atoms with Crippen molar-refractivity contribution in [2.45, 2.75) is 57.7 Å². The van der Waals surface area contributed by atoms with Crippen LogP contribution in [-0.4, -0.2) is 56.8 Å². The molecule has 0 saturated carbocycles. The van der Waals surface area contributed by atoms with Crippen molar-refractivity contribution in [3.05, 3.63) is 27.6 Å². The van der Waals surface area contributed by atoms with Crippen molar-refractivity contribution in [2.24, 2.45) is 0 Å². The Labute approximate surface area is 206 Å². The van der Waals surface area contributed by atoms with Crippen LogP contribution in [0.15, 0.2) is 18.3 Å². The fourth-order valence-electron chi connectivity index (χ4n) is 4.59. The van der Waals surface area contributed by atoms with Crippen LogP contribution in [-0.2, 0) is 14.9 Å². The molecule has 2 unspecified atom stereocenters. The van der Waals surface area contributed by atoms with Gasteiger partial charge >= 0.3 is 0 Å². The molecule has 10 heteroatoms. The van der Waals surface area contributed by atoms with Crippen molar-refractivity contribution in [1.82, 2.24) is 24.4 Å². The number of nitriles is 1.